The van der Waals surface area contributed by atoms with Crippen molar-refractivity contribution >= 4 is 17.6 Å². The summed E-state index contributed by atoms with van der Waals surface area (Å²) in [6.07, 6.45) is 4.03. The van der Waals surface area contributed by atoms with E-state index in [1.165, 1.54) is 36.2 Å². The molecule has 0 saturated heterocycles. The number of carbonyl (C=O) groups excluding carboxylic acids is 2. The Morgan fingerprint density at radius 2 is 2.00 bits per heavy atom. The van der Waals surface area contributed by atoms with Crippen LogP contribution in [0.5, 0.6) is 5.75 Å². The third kappa shape index (κ3) is 10.3. The van der Waals surface area contributed by atoms with Crippen molar-refractivity contribution in [2.24, 2.45) is 17.5 Å². The van der Waals surface area contributed by atoms with Crippen molar-refractivity contribution in [2.75, 3.05) is 18.4 Å². The van der Waals surface area contributed by atoms with E-state index < -0.39 is 18.0 Å². The molecule has 3 rings (SSSR count). The summed E-state index contributed by atoms with van der Waals surface area (Å²) < 4.78 is 42.5. The molecular weight excluding hydrogens is 505 g/mol. The first-order valence-electron chi connectivity index (χ1n) is 12.4. The molecule has 0 spiro atoms. The number of ether oxygens (including phenoxy) is 1. The number of anilines is 1. The second-order valence-electron chi connectivity index (χ2n) is 9.18. The molecule has 38 heavy (non-hydrogen) atoms. The first-order chi connectivity index (χ1) is 18.1. The standard InChI is InChI=1S/C24H33F3N8O3/c25-24(26,27)38-19-9-5-8-18(12-19)13-22(36)31-21-16-35(33-32-21)11-4-3-10-34(29)15-20(28)23(37)30-14-17-6-1-2-7-17/h5,8-9,12,15-17H,1-4,6-7,10-11,13-14,28-29H2,(H,30,37)(H,31,36)/b20-15-. The summed E-state index contributed by atoms with van der Waals surface area (Å²) in [5, 5.41) is 14.6. The SMILES string of the molecule is N/C(=C\N(N)CCCCn1cc(NC(=O)Cc2cccc(OC(F)(F)F)c2)nn1)C(=O)NCC1CCCC1. The molecule has 1 aromatic carbocycles. The molecule has 0 aliphatic heterocycles. The van der Waals surface area contributed by atoms with Crippen molar-refractivity contribution in [3.63, 3.8) is 0 Å². The molecule has 1 aliphatic carbocycles. The van der Waals surface area contributed by atoms with Crippen molar-refractivity contribution in [2.45, 2.75) is 57.9 Å². The van der Waals surface area contributed by atoms with E-state index in [4.69, 9.17) is 11.6 Å². The highest BCUT2D eigenvalue weighted by Crippen LogP contribution is 2.24. The van der Waals surface area contributed by atoms with Gasteiger partial charge in [0.15, 0.2) is 5.82 Å². The first-order valence-corrected chi connectivity index (χ1v) is 12.4. The number of alkyl halides is 3. The van der Waals surface area contributed by atoms with Crippen LogP contribution in [0.25, 0.3) is 0 Å². The Morgan fingerprint density at radius 1 is 1.24 bits per heavy atom. The van der Waals surface area contributed by atoms with Crippen LogP contribution in [0.1, 0.15) is 44.1 Å². The predicted octanol–water partition coefficient (Wildman–Crippen LogP) is 2.42. The molecule has 1 fully saturated rings. The van der Waals surface area contributed by atoms with Gasteiger partial charge in [0.1, 0.15) is 11.4 Å². The van der Waals surface area contributed by atoms with E-state index in [-0.39, 0.29) is 23.8 Å². The molecule has 1 aliphatic rings. The predicted molar refractivity (Wildman–Crippen MR) is 133 cm³/mol. The molecule has 6 N–H and O–H groups in total. The van der Waals surface area contributed by atoms with Gasteiger partial charge in [-0.15, -0.1) is 18.3 Å². The highest BCUT2D eigenvalue weighted by atomic mass is 19.4. The molecule has 1 heterocycles. The largest absolute Gasteiger partial charge is 0.573 e. The number of halogens is 3. The number of rotatable bonds is 13. The Kier molecular flexibility index (Phi) is 10.3. The Labute approximate surface area is 218 Å². The second-order valence-corrected chi connectivity index (χ2v) is 9.18. The number of carbonyl (C=O) groups is 2. The fourth-order valence-electron chi connectivity index (χ4n) is 4.11. The van der Waals surface area contributed by atoms with Crippen molar-refractivity contribution in [3.05, 3.63) is 47.9 Å². The molecule has 1 aromatic heterocycles. The molecule has 0 radical (unpaired) electrons. The van der Waals surface area contributed by atoms with E-state index in [1.807, 2.05) is 0 Å². The van der Waals surface area contributed by atoms with Crippen LogP contribution in [0.4, 0.5) is 19.0 Å². The van der Waals surface area contributed by atoms with Crippen molar-refractivity contribution < 1.29 is 27.5 Å². The van der Waals surface area contributed by atoms with Crippen LogP contribution in [0.3, 0.4) is 0 Å². The lowest BCUT2D eigenvalue weighted by Crippen LogP contribution is -2.35. The van der Waals surface area contributed by atoms with Crippen LogP contribution in [0.2, 0.25) is 0 Å². The van der Waals surface area contributed by atoms with Gasteiger partial charge in [-0.1, -0.05) is 30.2 Å². The van der Waals surface area contributed by atoms with Gasteiger partial charge in [0.2, 0.25) is 5.91 Å². The lowest BCUT2D eigenvalue weighted by molar-refractivity contribution is -0.274. The number of hydrazine groups is 1. The van der Waals surface area contributed by atoms with Gasteiger partial charge < -0.3 is 26.1 Å². The molecule has 0 atom stereocenters. The summed E-state index contributed by atoms with van der Waals surface area (Å²) in [6, 6.07) is 5.20. The Morgan fingerprint density at radius 3 is 2.74 bits per heavy atom. The molecular formula is C24H33F3N8O3. The summed E-state index contributed by atoms with van der Waals surface area (Å²) in [5.74, 6) is 5.48. The normalized spacial score (nSPS) is 14.4. The smallest absolute Gasteiger partial charge is 0.406 e. The average Bonchev–Trinajstić information content (AvgIpc) is 3.51. The number of amides is 2. The van der Waals surface area contributed by atoms with Gasteiger partial charge in [0.25, 0.3) is 5.91 Å². The van der Waals surface area contributed by atoms with Gasteiger partial charge in [-0.2, -0.15) is 0 Å². The maximum atomic E-state index is 12.4. The zero-order valence-corrected chi connectivity index (χ0v) is 20.9. The number of hydrogen-bond donors (Lipinski definition) is 4. The van der Waals surface area contributed by atoms with E-state index in [0.29, 0.717) is 44.0 Å². The average molecular weight is 539 g/mol. The summed E-state index contributed by atoms with van der Waals surface area (Å²) in [4.78, 5) is 24.4. The second kappa shape index (κ2) is 13.7. The van der Waals surface area contributed by atoms with Crippen molar-refractivity contribution in [1.29, 1.82) is 0 Å². The third-order valence-corrected chi connectivity index (χ3v) is 5.95. The molecule has 2 amide bonds. The van der Waals surface area contributed by atoms with Gasteiger partial charge in [-0.25, -0.2) is 5.84 Å². The number of benzene rings is 1. The van der Waals surface area contributed by atoms with E-state index in [1.54, 1.807) is 10.9 Å². The van der Waals surface area contributed by atoms with Crippen LogP contribution >= 0.6 is 0 Å². The fraction of sp³-hybridized carbons (Fsp3) is 0.500. The molecule has 0 bridgehead atoms. The molecule has 1 saturated carbocycles. The minimum absolute atomic E-state index is 0.0572. The lowest BCUT2D eigenvalue weighted by Gasteiger charge is -2.15. The van der Waals surface area contributed by atoms with Gasteiger partial charge in [-0.3, -0.25) is 14.3 Å². The van der Waals surface area contributed by atoms with Crippen LogP contribution in [0.15, 0.2) is 42.4 Å². The summed E-state index contributed by atoms with van der Waals surface area (Å²) >= 11 is 0. The topological polar surface area (TPSA) is 153 Å². The maximum Gasteiger partial charge on any atom is 0.573 e. The van der Waals surface area contributed by atoms with E-state index >= 15 is 0 Å². The van der Waals surface area contributed by atoms with Crippen LogP contribution in [-0.2, 0) is 22.6 Å². The number of aromatic nitrogens is 3. The van der Waals surface area contributed by atoms with Crippen LogP contribution < -0.4 is 26.9 Å². The number of unbranched alkanes of at least 4 members (excludes halogenated alkanes) is 1. The Balaban J connectivity index is 1.35. The minimum Gasteiger partial charge on any atom is -0.406 e. The minimum atomic E-state index is -4.81. The number of nitrogens with one attached hydrogen (secondary N) is 2. The molecule has 14 heteroatoms. The van der Waals surface area contributed by atoms with Crippen molar-refractivity contribution in [3.8, 4) is 5.75 Å². The quantitative estimate of drug-likeness (QED) is 0.131. The van der Waals surface area contributed by atoms with E-state index in [9.17, 15) is 22.8 Å². The maximum absolute atomic E-state index is 12.4. The van der Waals surface area contributed by atoms with Gasteiger partial charge >= 0.3 is 6.36 Å². The molecule has 2 aromatic rings. The van der Waals surface area contributed by atoms with Crippen molar-refractivity contribution in [1.82, 2.24) is 25.3 Å². The number of hydrogen-bond acceptors (Lipinski definition) is 8. The van der Waals surface area contributed by atoms with Crippen LogP contribution in [0, 0.1) is 5.92 Å². The Hall–Kier alpha value is -3.81. The summed E-state index contributed by atoms with van der Waals surface area (Å²) in [6.45, 7) is 1.60. The zero-order valence-electron chi connectivity index (χ0n) is 20.9. The highest BCUT2D eigenvalue weighted by molar-refractivity contribution is 5.92. The van der Waals surface area contributed by atoms with Gasteiger partial charge in [-0.05, 0) is 49.3 Å². The Bertz CT molecular complexity index is 1100. The zero-order chi connectivity index (χ0) is 27.5. The number of aryl methyl sites for hydroxylation is 1. The highest BCUT2D eigenvalue weighted by Gasteiger charge is 2.31. The number of nitrogens with two attached hydrogens (primary N) is 2. The molecule has 0 unspecified atom stereocenters. The molecule has 11 nitrogen and oxygen atoms in total. The lowest BCUT2D eigenvalue weighted by atomic mass is 10.1. The van der Waals surface area contributed by atoms with E-state index in [0.717, 1.165) is 25.0 Å². The first kappa shape index (κ1) is 28.8. The van der Waals surface area contributed by atoms with E-state index in [2.05, 4.69) is 25.7 Å². The van der Waals surface area contributed by atoms with Crippen LogP contribution in [-0.4, -0.2) is 51.3 Å². The van der Waals surface area contributed by atoms with Gasteiger partial charge in [0, 0.05) is 25.8 Å². The monoisotopic (exact) mass is 538 g/mol. The fourth-order valence-corrected chi connectivity index (χ4v) is 4.11. The third-order valence-electron chi connectivity index (χ3n) is 5.95. The van der Waals surface area contributed by atoms with Gasteiger partial charge in [0.05, 0.1) is 12.6 Å². The summed E-state index contributed by atoms with van der Waals surface area (Å²) in [5.41, 5.74) is 6.25. The number of nitrogens with zero attached hydrogens (tertiary/aromatic N) is 4. The molecule has 208 valence electrons. The summed E-state index contributed by atoms with van der Waals surface area (Å²) in [7, 11) is 0.